The van der Waals surface area contributed by atoms with E-state index in [2.05, 4.69) is 0 Å². The maximum absolute atomic E-state index is 13.0. The van der Waals surface area contributed by atoms with E-state index in [0.29, 0.717) is 11.7 Å². The van der Waals surface area contributed by atoms with Crippen LogP contribution >= 0.6 is 0 Å². The van der Waals surface area contributed by atoms with Crippen molar-refractivity contribution in [1.29, 1.82) is 0 Å². The van der Waals surface area contributed by atoms with Gasteiger partial charge in [0.05, 0.1) is 30.7 Å². The number of hydrogen-bond donors (Lipinski definition) is 0. The molecule has 0 atom stereocenters. The molecule has 0 saturated carbocycles. The van der Waals surface area contributed by atoms with E-state index >= 15 is 0 Å². The van der Waals surface area contributed by atoms with Crippen molar-refractivity contribution in [2.24, 2.45) is 0 Å². The Morgan fingerprint density at radius 1 is 1.19 bits per heavy atom. The molecule has 0 bridgehead atoms. The van der Waals surface area contributed by atoms with Gasteiger partial charge in [0.25, 0.3) is 0 Å². The summed E-state index contributed by atoms with van der Waals surface area (Å²) >= 11 is 0. The molecule has 0 N–H and O–H groups in total. The van der Waals surface area contributed by atoms with E-state index in [9.17, 15) is 13.2 Å². The number of sulfonamides is 1. The van der Waals surface area contributed by atoms with Gasteiger partial charge in [-0.15, -0.1) is 0 Å². The lowest BCUT2D eigenvalue weighted by Crippen LogP contribution is -2.33. The van der Waals surface area contributed by atoms with Gasteiger partial charge in [0.1, 0.15) is 5.76 Å². The number of carbonyl (C=O) groups is 1. The van der Waals surface area contributed by atoms with E-state index < -0.39 is 16.0 Å². The summed E-state index contributed by atoms with van der Waals surface area (Å²) in [6.45, 7) is 6.15. The third kappa shape index (κ3) is 5.19. The Kier molecular flexibility index (Phi) is 6.99. The fourth-order valence-corrected chi connectivity index (χ4v) is 3.89. The smallest absolute Gasteiger partial charge is 0.307 e. The van der Waals surface area contributed by atoms with Crippen molar-refractivity contribution in [3.8, 4) is 0 Å². The minimum Gasteiger partial charge on any atom is -0.468 e. The summed E-state index contributed by atoms with van der Waals surface area (Å²) in [7, 11) is -3.76. The highest BCUT2D eigenvalue weighted by molar-refractivity contribution is 7.89. The SMILES string of the molecule is CCOC(=O)CCN(Cc1ccco1)S(=O)(=O)c1ccc(C(C)C)cc1. The summed E-state index contributed by atoms with van der Waals surface area (Å²) in [4.78, 5) is 11.9. The Morgan fingerprint density at radius 3 is 2.42 bits per heavy atom. The van der Waals surface area contributed by atoms with Gasteiger partial charge in [-0.1, -0.05) is 26.0 Å². The molecule has 2 aromatic rings. The molecule has 0 amide bonds. The number of esters is 1. The van der Waals surface area contributed by atoms with Crippen molar-refractivity contribution < 1.29 is 22.4 Å². The first kappa shape index (κ1) is 20.2. The third-order valence-corrected chi connectivity index (χ3v) is 5.83. The molecular formula is C19H25NO5S. The number of furan rings is 1. The molecular weight excluding hydrogens is 354 g/mol. The number of carbonyl (C=O) groups excluding carboxylic acids is 1. The second-order valence-electron chi connectivity index (χ2n) is 6.20. The van der Waals surface area contributed by atoms with Gasteiger partial charge in [-0.05, 0) is 42.7 Å². The van der Waals surface area contributed by atoms with Crippen LogP contribution in [0.4, 0.5) is 0 Å². The molecule has 0 unspecified atom stereocenters. The summed E-state index contributed by atoms with van der Waals surface area (Å²) in [5.74, 6) is 0.397. The molecule has 0 saturated heterocycles. The highest BCUT2D eigenvalue weighted by Gasteiger charge is 2.26. The molecule has 142 valence electrons. The largest absolute Gasteiger partial charge is 0.468 e. The molecule has 0 aliphatic heterocycles. The zero-order chi connectivity index (χ0) is 19.2. The summed E-state index contributed by atoms with van der Waals surface area (Å²) in [5, 5.41) is 0. The van der Waals surface area contributed by atoms with Gasteiger partial charge in [0.2, 0.25) is 10.0 Å². The number of rotatable bonds is 9. The normalized spacial score (nSPS) is 11.9. The van der Waals surface area contributed by atoms with Crippen molar-refractivity contribution in [1.82, 2.24) is 4.31 Å². The van der Waals surface area contributed by atoms with E-state index in [1.54, 1.807) is 31.2 Å². The van der Waals surface area contributed by atoms with Crippen molar-refractivity contribution in [3.05, 3.63) is 54.0 Å². The molecule has 0 radical (unpaired) electrons. The number of ether oxygens (including phenoxy) is 1. The van der Waals surface area contributed by atoms with Crippen LogP contribution in [0.3, 0.4) is 0 Å². The first-order valence-corrected chi connectivity index (χ1v) is 10.1. The number of nitrogens with zero attached hydrogens (tertiary/aromatic N) is 1. The molecule has 7 heteroatoms. The summed E-state index contributed by atoms with van der Waals surface area (Å²) < 4.78 is 37.5. The second-order valence-corrected chi connectivity index (χ2v) is 8.13. The van der Waals surface area contributed by atoms with Crippen LogP contribution in [0.25, 0.3) is 0 Å². The lowest BCUT2D eigenvalue weighted by Gasteiger charge is -2.21. The molecule has 0 aliphatic rings. The van der Waals surface area contributed by atoms with Gasteiger partial charge in [0.15, 0.2) is 0 Å². The Labute approximate surface area is 154 Å². The van der Waals surface area contributed by atoms with Gasteiger partial charge in [-0.3, -0.25) is 4.79 Å². The summed E-state index contributed by atoms with van der Waals surface area (Å²) in [6.07, 6.45) is 1.47. The first-order valence-electron chi connectivity index (χ1n) is 8.62. The third-order valence-electron chi connectivity index (χ3n) is 3.97. The fraction of sp³-hybridized carbons (Fsp3) is 0.421. The Hall–Kier alpha value is -2.12. The lowest BCUT2D eigenvalue weighted by atomic mass is 10.0. The number of benzene rings is 1. The van der Waals surface area contributed by atoms with Crippen LogP contribution in [0.15, 0.2) is 52.0 Å². The molecule has 26 heavy (non-hydrogen) atoms. The van der Waals surface area contributed by atoms with E-state index in [1.165, 1.54) is 10.6 Å². The molecule has 2 rings (SSSR count). The van der Waals surface area contributed by atoms with Gasteiger partial charge >= 0.3 is 5.97 Å². The van der Waals surface area contributed by atoms with Crippen LogP contribution in [0, 0.1) is 0 Å². The van der Waals surface area contributed by atoms with E-state index in [-0.39, 0.29) is 31.0 Å². The standard InChI is InChI=1S/C19H25NO5S/c1-4-24-19(21)11-12-20(14-17-6-5-13-25-17)26(22,23)18-9-7-16(8-10-18)15(2)3/h5-10,13,15H,4,11-12,14H2,1-3H3. The summed E-state index contributed by atoms with van der Waals surface area (Å²) in [6, 6.07) is 10.2. The van der Waals surface area contributed by atoms with Crippen molar-refractivity contribution in [3.63, 3.8) is 0 Å². The van der Waals surface area contributed by atoms with Crippen LogP contribution in [-0.2, 0) is 26.1 Å². The molecule has 0 fully saturated rings. The first-order chi connectivity index (χ1) is 12.3. The van der Waals surface area contributed by atoms with Gasteiger partial charge < -0.3 is 9.15 Å². The number of hydrogen-bond acceptors (Lipinski definition) is 5. The van der Waals surface area contributed by atoms with Gasteiger partial charge in [0, 0.05) is 6.54 Å². The Bertz CT molecular complexity index is 795. The van der Waals surface area contributed by atoms with Crippen LogP contribution in [0.2, 0.25) is 0 Å². The highest BCUT2D eigenvalue weighted by atomic mass is 32.2. The maximum Gasteiger partial charge on any atom is 0.307 e. The Balaban J connectivity index is 2.24. The van der Waals surface area contributed by atoms with Crippen molar-refractivity contribution in [2.75, 3.05) is 13.2 Å². The quantitative estimate of drug-likeness (QED) is 0.623. The summed E-state index contributed by atoms with van der Waals surface area (Å²) in [5.41, 5.74) is 1.06. The molecule has 1 aromatic heterocycles. The van der Waals surface area contributed by atoms with Crippen molar-refractivity contribution >= 4 is 16.0 Å². The predicted octanol–water partition coefficient (Wildman–Crippen LogP) is 3.55. The molecule has 1 aromatic carbocycles. The Morgan fingerprint density at radius 2 is 1.88 bits per heavy atom. The van der Waals surface area contributed by atoms with Crippen LogP contribution in [0.5, 0.6) is 0 Å². The zero-order valence-corrected chi connectivity index (χ0v) is 16.2. The zero-order valence-electron chi connectivity index (χ0n) is 15.3. The highest BCUT2D eigenvalue weighted by Crippen LogP contribution is 2.22. The lowest BCUT2D eigenvalue weighted by molar-refractivity contribution is -0.143. The minimum atomic E-state index is -3.76. The van der Waals surface area contributed by atoms with Crippen LogP contribution in [0.1, 0.15) is 44.4 Å². The maximum atomic E-state index is 13.0. The second kappa shape index (κ2) is 9.00. The van der Waals surface area contributed by atoms with Gasteiger partial charge in [-0.2, -0.15) is 4.31 Å². The molecule has 0 aliphatic carbocycles. The van der Waals surface area contributed by atoms with Crippen molar-refractivity contribution in [2.45, 2.75) is 44.6 Å². The predicted molar refractivity (Wildman–Crippen MR) is 98.1 cm³/mol. The minimum absolute atomic E-state index is 0.0160. The molecule has 0 spiro atoms. The van der Waals surface area contributed by atoms with E-state index in [4.69, 9.17) is 9.15 Å². The van der Waals surface area contributed by atoms with Crippen LogP contribution < -0.4 is 0 Å². The van der Waals surface area contributed by atoms with Crippen LogP contribution in [-0.4, -0.2) is 31.8 Å². The fourth-order valence-electron chi connectivity index (χ4n) is 2.48. The average Bonchev–Trinajstić information content (AvgIpc) is 3.12. The monoisotopic (exact) mass is 379 g/mol. The molecule has 1 heterocycles. The topological polar surface area (TPSA) is 76.8 Å². The average molecular weight is 379 g/mol. The van der Waals surface area contributed by atoms with E-state index in [0.717, 1.165) is 5.56 Å². The van der Waals surface area contributed by atoms with Gasteiger partial charge in [-0.25, -0.2) is 8.42 Å². The van der Waals surface area contributed by atoms with E-state index in [1.807, 2.05) is 26.0 Å². The molecule has 6 nitrogen and oxygen atoms in total.